The molecule has 2 rings (SSSR count). The van der Waals surface area contributed by atoms with E-state index < -0.39 is 5.97 Å². The van der Waals surface area contributed by atoms with E-state index in [4.69, 9.17) is 5.11 Å². The Kier molecular flexibility index (Phi) is 4.49. The van der Waals surface area contributed by atoms with Gasteiger partial charge in [0.05, 0.1) is 11.3 Å². The van der Waals surface area contributed by atoms with E-state index in [1.165, 1.54) is 0 Å². The van der Waals surface area contributed by atoms with Crippen LogP contribution in [0.2, 0.25) is 0 Å². The lowest BCUT2D eigenvalue weighted by atomic mass is 9.99. The first-order chi connectivity index (χ1) is 9.06. The van der Waals surface area contributed by atoms with Gasteiger partial charge in [0.1, 0.15) is 0 Å². The summed E-state index contributed by atoms with van der Waals surface area (Å²) in [5.74, 6) is -0.784. The van der Waals surface area contributed by atoms with Crippen molar-refractivity contribution < 1.29 is 14.8 Å². The molecule has 7 heteroatoms. The summed E-state index contributed by atoms with van der Waals surface area (Å²) in [6, 6.07) is 1.63. The molecule has 1 N–H and O–H groups in total. The molecular weight excluding hydrogens is 268 g/mol. The quantitative estimate of drug-likeness (QED) is 0.663. The van der Waals surface area contributed by atoms with Crippen molar-refractivity contribution >= 4 is 22.3 Å². The molecule has 1 aliphatic rings. The summed E-state index contributed by atoms with van der Waals surface area (Å²) in [7, 11) is 0. The van der Waals surface area contributed by atoms with Gasteiger partial charge >= 0.3 is 11.0 Å². The Labute approximate surface area is 114 Å². The zero-order chi connectivity index (χ0) is 13.8. The third-order valence-corrected chi connectivity index (χ3v) is 4.29. The molecule has 6 nitrogen and oxygen atoms in total. The fourth-order valence-corrected chi connectivity index (χ4v) is 3.20. The molecule has 1 aromatic rings. The maximum absolute atomic E-state index is 10.8. The average Bonchev–Trinajstić information content (AvgIpc) is 2.80. The van der Waals surface area contributed by atoms with Crippen LogP contribution in [0.3, 0.4) is 0 Å². The van der Waals surface area contributed by atoms with E-state index in [2.05, 4.69) is 4.90 Å². The minimum atomic E-state index is -0.784. The number of carboxylic acids is 1. The molecule has 1 unspecified atom stereocenters. The number of nitrogens with zero attached hydrogens (tertiary/aromatic N) is 2. The molecule has 0 bridgehead atoms. The molecular formula is C12H16N2O4S. The zero-order valence-corrected chi connectivity index (χ0v) is 11.3. The second-order valence-corrected chi connectivity index (χ2v) is 5.66. The summed E-state index contributed by atoms with van der Waals surface area (Å²) in [6.07, 6.45) is 3.14. The summed E-state index contributed by atoms with van der Waals surface area (Å²) < 4.78 is 0. The van der Waals surface area contributed by atoms with Crippen molar-refractivity contribution in [3.63, 3.8) is 0 Å². The number of likely N-dealkylation sites (tertiary alicyclic amines) is 1. The topological polar surface area (TPSA) is 83.7 Å². The highest BCUT2D eigenvalue weighted by atomic mass is 32.1. The molecule has 1 atom stereocenters. The van der Waals surface area contributed by atoms with Crippen molar-refractivity contribution in [3.8, 4) is 0 Å². The van der Waals surface area contributed by atoms with Crippen LogP contribution in [0.25, 0.3) is 0 Å². The van der Waals surface area contributed by atoms with Crippen molar-refractivity contribution in [1.29, 1.82) is 0 Å². The molecule has 0 radical (unpaired) electrons. The number of thiophene rings is 1. The number of nitro groups is 1. The summed E-state index contributed by atoms with van der Waals surface area (Å²) >= 11 is 1.12. The van der Waals surface area contributed by atoms with E-state index in [0.29, 0.717) is 6.54 Å². The van der Waals surface area contributed by atoms with Crippen LogP contribution >= 0.6 is 11.3 Å². The molecule has 0 aromatic carbocycles. The Bertz CT molecular complexity index is 474. The third-order valence-electron chi connectivity index (χ3n) is 3.36. The second kappa shape index (κ2) is 6.12. The van der Waals surface area contributed by atoms with Gasteiger partial charge in [-0.1, -0.05) is 17.8 Å². The highest BCUT2D eigenvalue weighted by molar-refractivity contribution is 7.13. The maximum atomic E-state index is 10.8. The SMILES string of the molecule is O=C(O)CC1CCCCN1Cc1csc([N+](=O)[O-])c1. The van der Waals surface area contributed by atoms with Crippen molar-refractivity contribution in [2.45, 2.75) is 38.3 Å². The van der Waals surface area contributed by atoms with E-state index in [-0.39, 0.29) is 22.4 Å². The number of piperidine rings is 1. The normalized spacial score (nSPS) is 20.3. The number of hydrogen-bond acceptors (Lipinski definition) is 5. The Morgan fingerprint density at radius 1 is 1.58 bits per heavy atom. The summed E-state index contributed by atoms with van der Waals surface area (Å²) in [5, 5.41) is 21.5. The standard InChI is InChI=1S/C12H16N2O4S/c15-12(16)6-10-3-1-2-4-13(10)7-9-5-11(14(17)18)19-8-9/h5,8,10H,1-4,6-7H2,(H,15,16). The number of carboxylic acid groups (broad SMARTS) is 1. The van der Waals surface area contributed by atoms with Crippen molar-refractivity contribution in [1.82, 2.24) is 4.90 Å². The van der Waals surface area contributed by atoms with E-state index in [9.17, 15) is 14.9 Å². The van der Waals surface area contributed by atoms with Gasteiger partial charge in [-0.25, -0.2) is 0 Å². The van der Waals surface area contributed by atoms with Crippen LogP contribution in [0.5, 0.6) is 0 Å². The summed E-state index contributed by atoms with van der Waals surface area (Å²) in [6.45, 7) is 1.46. The van der Waals surface area contributed by atoms with Crippen LogP contribution in [0.15, 0.2) is 11.4 Å². The first-order valence-electron chi connectivity index (χ1n) is 6.24. The smallest absolute Gasteiger partial charge is 0.324 e. The average molecular weight is 284 g/mol. The van der Waals surface area contributed by atoms with E-state index >= 15 is 0 Å². The van der Waals surface area contributed by atoms with Crippen LogP contribution < -0.4 is 0 Å². The number of hydrogen-bond donors (Lipinski definition) is 1. The Morgan fingerprint density at radius 2 is 2.37 bits per heavy atom. The fourth-order valence-electron chi connectivity index (χ4n) is 2.48. The van der Waals surface area contributed by atoms with Gasteiger partial charge < -0.3 is 5.11 Å². The lowest BCUT2D eigenvalue weighted by Crippen LogP contribution is -2.40. The molecule has 104 valence electrons. The minimum Gasteiger partial charge on any atom is -0.481 e. The predicted molar refractivity (Wildman–Crippen MR) is 71.3 cm³/mol. The van der Waals surface area contributed by atoms with Crippen molar-refractivity contribution in [2.24, 2.45) is 0 Å². The first-order valence-corrected chi connectivity index (χ1v) is 7.12. The molecule has 0 amide bonds. The maximum Gasteiger partial charge on any atom is 0.324 e. The van der Waals surface area contributed by atoms with Gasteiger partial charge in [-0.15, -0.1) is 0 Å². The number of rotatable bonds is 5. The van der Waals surface area contributed by atoms with Crippen LogP contribution in [-0.2, 0) is 11.3 Å². The van der Waals surface area contributed by atoms with E-state index in [0.717, 1.165) is 42.7 Å². The Balaban J connectivity index is 2.01. The van der Waals surface area contributed by atoms with Crippen molar-refractivity contribution in [2.75, 3.05) is 6.54 Å². The molecule has 1 aromatic heterocycles. The molecule has 19 heavy (non-hydrogen) atoms. The minimum absolute atomic E-state index is 0.0465. The third kappa shape index (κ3) is 3.74. The highest BCUT2D eigenvalue weighted by Crippen LogP contribution is 2.27. The van der Waals surface area contributed by atoms with Crippen LogP contribution in [0.1, 0.15) is 31.2 Å². The van der Waals surface area contributed by atoms with Gasteiger partial charge in [0.25, 0.3) is 0 Å². The molecule has 2 heterocycles. The van der Waals surface area contributed by atoms with Gasteiger partial charge in [-0.2, -0.15) is 0 Å². The highest BCUT2D eigenvalue weighted by Gasteiger charge is 2.25. The van der Waals surface area contributed by atoms with Crippen LogP contribution in [0, 0.1) is 10.1 Å². The lowest BCUT2D eigenvalue weighted by molar-refractivity contribution is -0.380. The van der Waals surface area contributed by atoms with E-state index in [1.54, 1.807) is 11.4 Å². The first kappa shape index (κ1) is 14.0. The van der Waals surface area contributed by atoms with Gasteiger partial charge in [-0.3, -0.25) is 19.8 Å². The largest absolute Gasteiger partial charge is 0.481 e. The number of carbonyl (C=O) groups is 1. The van der Waals surface area contributed by atoms with Crippen molar-refractivity contribution in [3.05, 3.63) is 27.1 Å². The molecule has 0 spiro atoms. The van der Waals surface area contributed by atoms with E-state index in [1.807, 2.05) is 0 Å². The second-order valence-electron chi connectivity index (χ2n) is 4.77. The lowest BCUT2D eigenvalue weighted by Gasteiger charge is -2.34. The molecule has 1 aliphatic heterocycles. The summed E-state index contributed by atoms with van der Waals surface area (Å²) in [5.41, 5.74) is 0.897. The summed E-state index contributed by atoms with van der Waals surface area (Å²) in [4.78, 5) is 23.2. The zero-order valence-electron chi connectivity index (χ0n) is 10.4. The van der Waals surface area contributed by atoms with Gasteiger partial charge in [0.2, 0.25) is 0 Å². The molecule has 0 saturated carbocycles. The van der Waals surface area contributed by atoms with Crippen LogP contribution in [0.4, 0.5) is 5.00 Å². The fraction of sp³-hybridized carbons (Fsp3) is 0.583. The van der Waals surface area contributed by atoms with Crippen LogP contribution in [-0.4, -0.2) is 33.5 Å². The monoisotopic (exact) mass is 284 g/mol. The van der Waals surface area contributed by atoms with Gasteiger partial charge in [0.15, 0.2) is 0 Å². The Hall–Kier alpha value is -1.47. The predicted octanol–water partition coefficient (Wildman–Crippen LogP) is 2.49. The molecule has 1 saturated heterocycles. The van der Waals surface area contributed by atoms with Gasteiger partial charge in [0, 0.05) is 24.0 Å². The Morgan fingerprint density at radius 3 is 3.00 bits per heavy atom. The molecule has 1 fully saturated rings. The number of aliphatic carboxylic acids is 1. The molecule has 0 aliphatic carbocycles. The van der Waals surface area contributed by atoms with Gasteiger partial charge in [-0.05, 0) is 24.9 Å².